The summed E-state index contributed by atoms with van der Waals surface area (Å²) in [5, 5.41) is 6.58. The van der Waals surface area contributed by atoms with Gasteiger partial charge in [0.1, 0.15) is 5.60 Å². The Balaban J connectivity index is 1.92. The average molecular weight is 298 g/mol. The lowest BCUT2D eigenvalue weighted by atomic mass is 9.68. The highest BCUT2D eigenvalue weighted by molar-refractivity contribution is 5.68. The highest BCUT2D eigenvalue weighted by Crippen LogP contribution is 2.38. The quantitative estimate of drug-likeness (QED) is 0.836. The average Bonchev–Trinajstić information content (AvgIpc) is 2.34. The largest absolute Gasteiger partial charge is 0.444 e. The van der Waals surface area contributed by atoms with Crippen molar-refractivity contribution in [1.29, 1.82) is 0 Å². The van der Waals surface area contributed by atoms with Gasteiger partial charge in [0.2, 0.25) is 0 Å². The third-order valence-corrected chi connectivity index (χ3v) is 4.06. The predicted molar refractivity (Wildman–Crippen MR) is 82.3 cm³/mol. The Labute approximate surface area is 128 Å². The van der Waals surface area contributed by atoms with E-state index in [2.05, 4.69) is 24.5 Å². The van der Waals surface area contributed by atoms with Crippen LogP contribution < -0.4 is 10.6 Å². The van der Waals surface area contributed by atoms with E-state index in [-0.39, 0.29) is 24.3 Å². The van der Waals surface area contributed by atoms with E-state index >= 15 is 0 Å². The summed E-state index contributed by atoms with van der Waals surface area (Å²) in [6, 6.07) is 0.314. The van der Waals surface area contributed by atoms with E-state index in [4.69, 9.17) is 9.47 Å². The summed E-state index contributed by atoms with van der Waals surface area (Å²) in [5.74, 6) is 0.991. The summed E-state index contributed by atoms with van der Waals surface area (Å²) in [4.78, 5) is 12.0. The molecule has 5 nitrogen and oxygen atoms in total. The van der Waals surface area contributed by atoms with Gasteiger partial charge >= 0.3 is 6.09 Å². The zero-order valence-electron chi connectivity index (χ0n) is 13.9. The first-order valence-electron chi connectivity index (χ1n) is 8.12. The second kappa shape index (κ2) is 6.53. The monoisotopic (exact) mass is 298 g/mol. The standard InChI is InChI=1S/C16H30N2O3/c1-10(2)9-17-13-12(11-7-6-8-20-14(11)13)18-15(19)21-16(3,4)5/h10-14,17H,6-9H2,1-5H3,(H,18,19). The number of amides is 1. The Morgan fingerprint density at radius 2 is 2.05 bits per heavy atom. The van der Waals surface area contributed by atoms with E-state index in [1.165, 1.54) is 0 Å². The molecule has 4 unspecified atom stereocenters. The molecular formula is C16H30N2O3. The van der Waals surface area contributed by atoms with Gasteiger partial charge in [-0.2, -0.15) is 0 Å². The van der Waals surface area contributed by atoms with Crippen LogP contribution in [0, 0.1) is 11.8 Å². The predicted octanol–water partition coefficient (Wildman–Crippen LogP) is 2.30. The lowest BCUT2D eigenvalue weighted by Crippen LogP contribution is -2.73. The number of carbonyl (C=O) groups excluding carboxylic acids is 1. The van der Waals surface area contributed by atoms with Crippen LogP contribution in [0.1, 0.15) is 47.5 Å². The van der Waals surface area contributed by atoms with Crippen molar-refractivity contribution in [3.05, 3.63) is 0 Å². The lowest BCUT2D eigenvalue weighted by Gasteiger charge is -2.54. The van der Waals surface area contributed by atoms with E-state index in [0.717, 1.165) is 26.0 Å². The van der Waals surface area contributed by atoms with Crippen LogP contribution in [-0.2, 0) is 9.47 Å². The van der Waals surface area contributed by atoms with Crippen LogP contribution in [0.5, 0.6) is 0 Å². The number of rotatable bonds is 4. The number of hydrogen-bond acceptors (Lipinski definition) is 4. The second-order valence-electron chi connectivity index (χ2n) is 7.64. The molecule has 1 aliphatic heterocycles. The maximum atomic E-state index is 12.0. The lowest BCUT2D eigenvalue weighted by molar-refractivity contribution is -0.128. The van der Waals surface area contributed by atoms with Crippen molar-refractivity contribution in [3.8, 4) is 0 Å². The van der Waals surface area contributed by atoms with Gasteiger partial charge in [-0.05, 0) is 46.1 Å². The number of carbonyl (C=O) groups is 1. The molecule has 1 amide bonds. The molecule has 21 heavy (non-hydrogen) atoms. The first-order valence-corrected chi connectivity index (χ1v) is 8.12. The number of hydrogen-bond donors (Lipinski definition) is 2. The Bertz CT molecular complexity index is 365. The van der Waals surface area contributed by atoms with Crippen LogP contribution >= 0.6 is 0 Å². The summed E-state index contributed by atoms with van der Waals surface area (Å²) in [5.41, 5.74) is -0.461. The third-order valence-electron chi connectivity index (χ3n) is 4.06. The molecule has 2 aliphatic rings. The topological polar surface area (TPSA) is 59.6 Å². The van der Waals surface area contributed by atoms with Crippen LogP contribution in [0.15, 0.2) is 0 Å². The number of nitrogens with one attached hydrogen (secondary N) is 2. The number of alkyl carbamates (subject to hydrolysis) is 1. The van der Waals surface area contributed by atoms with Crippen molar-refractivity contribution in [1.82, 2.24) is 10.6 Å². The van der Waals surface area contributed by atoms with E-state index in [9.17, 15) is 4.79 Å². The van der Waals surface area contributed by atoms with E-state index in [1.54, 1.807) is 0 Å². The van der Waals surface area contributed by atoms with Gasteiger partial charge < -0.3 is 20.1 Å². The molecule has 2 N–H and O–H groups in total. The first-order chi connectivity index (χ1) is 9.78. The highest BCUT2D eigenvalue weighted by atomic mass is 16.6. The van der Waals surface area contributed by atoms with Crippen molar-refractivity contribution < 1.29 is 14.3 Å². The van der Waals surface area contributed by atoms with Crippen LogP contribution in [0.25, 0.3) is 0 Å². The van der Waals surface area contributed by atoms with Gasteiger partial charge in [-0.1, -0.05) is 13.8 Å². The maximum absolute atomic E-state index is 12.0. The second-order valence-corrected chi connectivity index (χ2v) is 7.64. The molecule has 0 aromatic rings. The molecule has 1 heterocycles. The van der Waals surface area contributed by atoms with Crippen LogP contribution in [0.2, 0.25) is 0 Å². The number of fused-ring (bicyclic) bond motifs is 1. The first kappa shape index (κ1) is 16.6. The fourth-order valence-electron chi connectivity index (χ4n) is 3.16. The van der Waals surface area contributed by atoms with Crippen molar-refractivity contribution in [3.63, 3.8) is 0 Å². The molecule has 122 valence electrons. The summed E-state index contributed by atoms with van der Waals surface area (Å²) in [6.45, 7) is 11.8. The molecule has 1 saturated carbocycles. The fraction of sp³-hybridized carbons (Fsp3) is 0.938. The summed E-state index contributed by atoms with van der Waals surface area (Å²) < 4.78 is 11.3. The van der Waals surface area contributed by atoms with E-state index in [0.29, 0.717) is 11.8 Å². The Morgan fingerprint density at radius 3 is 2.67 bits per heavy atom. The van der Waals surface area contributed by atoms with Crippen molar-refractivity contribution in [2.45, 2.75) is 71.2 Å². The summed E-state index contributed by atoms with van der Waals surface area (Å²) in [6.07, 6.45) is 2.10. The van der Waals surface area contributed by atoms with Gasteiger partial charge in [0.15, 0.2) is 0 Å². The molecule has 0 aromatic heterocycles. The van der Waals surface area contributed by atoms with Gasteiger partial charge in [0, 0.05) is 12.5 Å². The molecular weight excluding hydrogens is 268 g/mol. The molecule has 0 aromatic carbocycles. The van der Waals surface area contributed by atoms with Crippen molar-refractivity contribution >= 4 is 6.09 Å². The molecule has 4 atom stereocenters. The highest BCUT2D eigenvalue weighted by Gasteiger charge is 2.53. The van der Waals surface area contributed by atoms with E-state index in [1.807, 2.05) is 20.8 Å². The third kappa shape index (κ3) is 4.33. The van der Waals surface area contributed by atoms with Gasteiger partial charge in [-0.15, -0.1) is 0 Å². The minimum absolute atomic E-state index is 0.115. The van der Waals surface area contributed by atoms with Gasteiger partial charge in [-0.3, -0.25) is 0 Å². The molecule has 0 bridgehead atoms. The molecule has 1 saturated heterocycles. The Kier molecular flexibility index (Phi) is 5.15. The van der Waals surface area contributed by atoms with Gasteiger partial charge in [0.25, 0.3) is 0 Å². The summed E-state index contributed by atoms with van der Waals surface area (Å²) in [7, 11) is 0. The fourth-order valence-corrected chi connectivity index (χ4v) is 3.16. The van der Waals surface area contributed by atoms with E-state index < -0.39 is 5.60 Å². The number of ether oxygens (including phenoxy) is 2. The maximum Gasteiger partial charge on any atom is 0.407 e. The van der Waals surface area contributed by atoms with Gasteiger partial charge in [0.05, 0.1) is 18.2 Å². The van der Waals surface area contributed by atoms with Crippen LogP contribution in [0.3, 0.4) is 0 Å². The summed E-state index contributed by atoms with van der Waals surface area (Å²) >= 11 is 0. The normalized spacial score (nSPS) is 32.3. The minimum Gasteiger partial charge on any atom is -0.444 e. The molecule has 2 fully saturated rings. The Hall–Kier alpha value is -0.810. The molecule has 0 radical (unpaired) electrons. The molecule has 5 heteroatoms. The van der Waals surface area contributed by atoms with Crippen molar-refractivity contribution in [2.75, 3.05) is 13.2 Å². The molecule has 0 spiro atoms. The zero-order chi connectivity index (χ0) is 15.6. The van der Waals surface area contributed by atoms with Gasteiger partial charge in [-0.25, -0.2) is 4.79 Å². The SMILES string of the molecule is CC(C)CNC1C(NC(=O)OC(C)(C)C)C2CCCOC21. The van der Waals surface area contributed by atoms with Crippen LogP contribution in [0.4, 0.5) is 4.79 Å². The smallest absolute Gasteiger partial charge is 0.407 e. The van der Waals surface area contributed by atoms with Crippen LogP contribution in [-0.4, -0.2) is 43.0 Å². The molecule has 1 aliphatic carbocycles. The minimum atomic E-state index is -0.461. The Morgan fingerprint density at radius 1 is 1.33 bits per heavy atom. The van der Waals surface area contributed by atoms with Crippen molar-refractivity contribution in [2.24, 2.45) is 11.8 Å². The molecule has 2 rings (SSSR count). The zero-order valence-corrected chi connectivity index (χ0v) is 13.9.